The number of unbranched alkanes of at least 4 members (excludes halogenated alkanes) is 20. The molecule has 0 atom stereocenters. The third-order valence-electron chi connectivity index (χ3n) is 13.2. The fourth-order valence-electron chi connectivity index (χ4n) is 9.35. The Labute approximate surface area is 399 Å². The van der Waals surface area contributed by atoms with Crippen molar-refractivity contribution in [1.29, 1.82) is 0 Å². The Bertz CT molecular complexity index is 2250. The molecular formula is C62H82O4. The first-order valence-corrected chi connectivity index (χ1v) is 26.7. The summed E-state index contributed by atoms with van der Waals surface area (Å²) < 4.78 is 26.9. The second kappa shape index (κ2) is 29.0. The number of fused-ring (bicyclic) bond motifs is 6. The largest absolute Gasteiger partial charge is 0.489 e. The maximum Gasteiger partial charge on any atom is 0.169 e. The first-order chi connectivity index (χ1) is 32.7. The van der Waals surface area contributed by atoms with E-state index in [1.165, 1.54) is 139 Å². The quantitative estimate of drug-likeness (QED) is 0.0240. The Morgan fingerprint density at radius 3 is 0.833 bits per heavy atom. The fraction of sp³-hybridized carbons (Fsp3) is 0.516. The predicted molar refractivity (Wildman–Crippen MR) is 284 cm³/mol. The van der Waals surface area contributed by atoms with Crippen LogP contribution in [0.3, 0.4) is 0 Å². The molecule has 0 aliphatic carbocycles. The SMILES string of the molecule is CCCCCCCCOc1c(OCCCCCCCC)c2ccc(C#Cc3ccc4c(OCCCCCCCC)c(OCCCCCCCC)c5ccccc5c4c3)cc2c2ccccc12. The lowest BCUT2D eigenvalue weighted by Crippen LogP contribution is -2.04. The van der Waals surface area contributed by atoms with Crippen molar-refractivity contribution < 1.29 is 18.9 Å². The van der Waals surface area contributed by atoms with Crippen LogP contribution in [0.5, 0.6) is 23.0 Å². The summed E-state index contributed by atoms with van der Waals surface area (Å²) in [6.07, 6.45) is 29.5. The maximum atomic E-state index is 6.75. The Kier molecular flexibility index (Phi) is 22.2. The summed E-state index contributed by atoms with van der Waals surface area (Å²) in [4.78, 5) is 0. The summed E-state index contributed by atoms with van der Waals surface area (Å²) in [5.41, 5.74) is 1.95. The zero-order valence-electron chi connectivity index (χ0n) is 41.5. The number of hydrogen-bond donors (Lipinski definition) is 0. The summed E-state index contributed by atoms with van der Waals surface area (Å²) in [5.74, 6) is 10.6. The van der Waals surface area contributed by atoms with Gasteiger partial charge in [0.1, 0.15) is 0 Å². The van der Waals surface area contributed by atoms with Gasteiger partial charge in [-0.25, -0.2) is 0 Å². The second-order valence-corrected chi connectivity index (χ2v) is 18.6. The van der Waals surface area contributed by atoms with Crippen molar-refractivity contribution in [1.82, 2.24) is 0 Å². The molecule has 0 fully saturated rings. The molecule has 66 heavy (non-hydrogen) atoms. The van der Waals surface area contributed by atoms with Crippen molar-refractivity contribution in [3.05, 3.63) is 96.1 Å². The lowest BCUT2D eigenvalue weighted by atomic mass is 9.97. The van der Waals surface area contributed by atoms with Gasteiger partial charge in [-0.1, -0.05) is 216 Å². The molecule has 0 bridgehead atoms. The van der Waals surface area contributed by atoms with Crippen molar-refractivity contribution in [2.24, 2.45) is 0 Å². The lowest BCUT2D eigenvalue weighted by Gasteiger charge is -2.19. The highest BCUT2D eigenvalue weighted by atomic mass is 16.5. The van der Waals surface area contributed by atoms with Crippen LogP contribution >= 0.6 is 0 Å². The summed E-state index contributed by atoms with van der Waals surface area (Å²) in [6.45, 7) is 11.8. The molecule has 0 aliphatic heterocycles. The maximum absolute atomic E-state index is 6.75. The number of hydrogen-bond acceptors (Lipinski definition) is 4. The van der Waals surface area contributed by atoms with Gasteiger partial charge in [-0.15, -0.1) is 0 Å². The van der Waals surface area contributed by atoms with Crippen LogP contribution in [0.4, 0.5) is 0 Å². The third-order valence-corrected chi connectivity index (χ3v) is 13.2. The minimum atomic E-state index is 0.684. The van der Waals surface area contributed by atoms with E-state index >= 15 is 0 Å². The summed E-state index contributed by atoms with van der Waals surface area (Å²) in [6, 6.07) is 30.5. The van der Waals surface area contributed by atoms with E-state index in [9.17, 15) is 0 Å². The van der Waals surface area contributed by atoms with Crippen LogP contribution in [0.25, 0.3) is 43.1 Å². The molecule has 0 saturated heterocycles. The lowest BCUT2D eigenvalue weighted by molar-refractivity contribution is 0.263. The molecule has 0 spiro atoms. The molecule has 0 aliphatic rings. The molecule has 0 radical (unpaired) electrons. The topological polar surface area (TPSA) is 36.9 Å². The van der Waals surface area contributed by atoms with Gasteiger partial charge in [0.05, 0.1) is 26.4 Å². The number of rotatable bonds is 32. The molecule has 0 amide bonds. The Hall–Kier alpha value is -4.88. The molecule has 6 aromatic rings. The van der Waals surface area contributed by atoms with Gasteiger partial charge >= 0.3 is 0 Å². The van der Waals surface area contributed by atoms with E-state index in [1.54, 1.807) is 0 Å². The minimum absolute atomic E-state index is 0.684. The van der Waals surface area contributed by atoms with Gasteiger partial charge in [0.2, 0.25) is 0 Å². The molecule has 0 unspecified atom stereocenters. The van der Waals surface area contributed by atoms with E-state index in [2.05, 4.69) is 124 Å². The highest BCUT2D eigenvalue weighted by Crippen LogP contribution is 2.46. The highest BCUT2D eigenvalue weighted by Gasteiger charge is 2.20. The molecule has 0 N–H and O–H groups in total. The van der Waals surface area contributed by atoms with Crippen LogP contribution in [0.15, 0.2) is 84.9 Å². The van der Waals surface area contributed by atoms with Crippen molar-refractivity contribution in [2.45, 2.75) is 182 Å². The van der Waals surface area contributed by atoms with Crippen LogP contribution in [0.1, 0.15) is 193 Å². The van der Waals surface area contributed by atoms with Crippen molar-refractivity contribution >= 4 is 43.1 Å². The van der Waals surface area contributed by atoms with Gasteiger partial charge < -0.3 is 18.9 Å². The zero-order chi connectivity index (χ0) is 46.0. The molecule has 0 aromatic heterocycles. The van der Waals surface area contributed by atoms with Crippen molar-refractivity contribution in [3.8, 4) is 34.8 Å². The van der Waals surface area contributed by atoms with Gasteiger partial charge in [-0.2, -0.15) is 0 Å². The average molecular weight is 891 g/mol. The Morgan fingerprint density at radius 2 is 0.530 bits per heavy atom. The molecule has 6 rings (SSSR count). The van der Waals surface area contributed by atoms with Crippen LogP contribution < -0.4 is 18.9 Å². The predicted octanol–water partition coefficient (Wildman–Crippen LogP) is 18.7. The van der Waals surface area contributed by atoms with E-state index in [4.69, 9.17) is 18.9 Å². The average Bonchev–Trinajstić information content (AvgIpc) is 3.35. The monoisotopic (exact) mass is 891 g/mol. The molecule has 0 saturated carbocycles. The second-order valence-electron chi connectivity index (χ2n) is 18.6. The molecule has 6 aromatic carbocycles. The molecule has 0 heterocycles. The van der Waals surface area contributed by atoms with Crippen LogP contribution in [0.2, 0.25) is 0 Å². The smallest absolute Gasteiger partial charge is 0.169 e. The van der Waals surface area contributed by atoms with Crippen molar-refractivity contribution in [2.75, 3.05) is 26.4 Å². The zero-order valence-corrected chi connectivity index (χ0v) is 41.5. The van der Waals surface area contributed by atoms with E-state index in [0.717, 1.165) is 92.1 Å². The highest BCUT2D eigenvalue weighted by molar-refractivity contribution is 6.15. The Morgan fingerprint density at radius 1 is 0.273 bits per heavy atom. The summed E-state index contributed by atoms with van der Waals surface area (Å²) in [7, 11) is 0. The first kappa shape index (κ1) is 50.5. The Balaban J connectivity index is 1.30. The first-order valence-electron chi connectivity index (χ1n) is 26.7. The fourth-order valence-corrected chi connectivity index (χ4v) is 9.35. The van der Waals surface area contributed by atoms with E-state index < -0.39 is 0 Å². The third kappa shape index (κ3) is 14.8. The van der Waals surface area contributed by atoms with Crippen LogP contribution in [-0.2, 0) is 0 Å². The number of benzene rings is 6. The van der Waals surface area contributed by atoms with Gasteiger partial charge in [0.25, 0.3) is 0 Å². The van der Waals surface area contributed by atoms with Gasteiger partial charge in [-0.3, -0.25) is 0 Å². The van der Waals surface area contributed by atoms with E-state index in [0.29, 0.717) is 26.4 Å². The van der Waals surface area contributed by atoms with Crippen LogP contribution in [0, 0.1) is 11.8 Å². The summed E-state index contributed by atoms with van der Waals surface area (Å²) in [5, 5.41) is 9.00. The van der Waals surface area contributed by atoms with E-state index in [1.807, 2.05) is 0 Å². The summed E-state index contributed by atoms with van der Waals surface area (Å²) >= 11 is 0. The van der Waals surface area contributed by atoms with E-state index in [-0.39, 0.29) is 0 Å². The molecule has 354 valence electrons. The van der Waals surface area contributed by atoms with Crippen LogP contribution in [-0.4, -0.2) is 26.4 Å². The minimum Gasteiger partial charge on any atom is -0.489 e. The van der Waals surface area contributed by atoms with Gasteiger partial charge in [0, 0.05) is 32.7 Å². The van der Waals surface area contributed by atoms with Gasteiger partial charge in [0.15, 0.2) is 23.0 Å². The standard InChI is InChI=1S/C62H82O4/c1-5-9-13-17-21-29-43-63-59-53-35-27-25-33-51(53)57-47-49(39-41-55(57)61(59)65-45-31-23-19-15-11-7-3)37-38-50-40-42-56-58(48-50)52-34-26-28-36-54(52)60(64-44-30-22-18-14-10-6-2)62(56)66-46-32-24-20-16-12-8-4/h25-28,33-36,39-42,47-48H,5-24,29-32,43-46H2,1-4H3. The molecule has 4 heteroatoms. The normalized spacial score (nSPS) is 11.4. The van der Waals surface area contributed by atoms with Gasteiger partial charge in [-0.05, 0) is 83.6 Å². The molecule has 4 nitrogen and oxygen atoms in total. The number of ether oxygens (including phenoxy) is 4. The molecular weight excluding hydrogens is 809 g/mol. The van der Waals surface area contributed by atoms with Crippen molar-refractivity contribution in [3.63, 3.8) is 0 Å².